The van der Waals surface area contributed by atoms with E-state index in [1.807, 2.05) is 0 Å². The fraction of sp³-hybridized carbons (Fsp3) is 0.970. The Morgan fingerprint density at radius 3 is 1.28 bits per heavy atom. The van der Waals surface area contributed by atoms with Crippen LogP contribution in [0.2, 0.25) is 72.5 Å². The second-order valence-corrected chi connectivity index (χ2v) is 38.0. The van der Waals surface area contributed by atoms with Crippen molar-refractivity contribution < 1.29 is 27.2 Å². The molecule has 0 amide bonds. The fourth-order valence-corrected chi connectivity index (χ4v) is 8.66. The quantitative estimate of drug-likeness (QED) is 0.135. The van der Waals surface area contributed by atoms with Crippen molar-refractivity contribution in [2.24, 2.45) is 5.92 Å². The number of hydrogen-bond acceptors (Lipinski definition) is 6. The molecule has 0 aromatic rings. The molecule has 4 atom stereocenters. The summed E-state index contributed by atoms with van der Waals surface area (Å²) >= 11 is 0. The first-order valence-corrected chi connectivity index (χ1v) is 28.0. The van der Waals surface area contributed by atoms with Gasteiger partial charge in [0.15, 0.2) is 39.4 Å². The van der Waals surface area contributed by atoms with Gasteiger partial charge in [0.2, 0.25) is 0 Å². The van der Waals surface area contributed by atoms with Gasteiger partial charge in [0.25, 0.3) is 0 Å². The minimum Gasteiger partial charge on any atom is -0.467 e. The van der Waals surface area contributed by atoms with E-state index in [2.05, 4.69) is 142 Å². The zero-order valence-corrected chi connectivity index (χ0v) is 36.7. The molecular formula is C33H74O6Si4. The minimum absolute atomic E-state index is 0.0366. The van der Waals surface area contributed by atoms with Crippen molar-refractivity contribution in [3.63, 3.8) is 0 Å². The second-order valence-electron chi connectivity index (χ2n) is 18.9. The average molecular weight is 679 g/mol. The maximum atomic E-state index is 13.6. The van der Waals surface area contributed by atoms with Gasteiger partial charge in [-0.25, -0.2) is 4.79 Å². The van der Waals surface area contributed by atoms with Crippen LogP contribution in [-0.2, 0) is 27.2 Å². The summed E-state index contributed by atoms with van der Waals surface area (Å²) in [5, 5.41) is 0.0454. The molecule has 10 heteroatoms. The molecule has 0 saturated heterocycles. The third kappa shape index (κ3) is 12.0. The summed E-state index contributed by atoms with van der Waals surface area (Å²) < 4.78 is 33.4. The number of methoxy groups -OCH3 is 1. The Morgan fingerprint density at radius 2 is 0.930 bits per heavy atom. The summed E-state index contributed by atoms with van der Waals surface area (Å²) in [6, 6.07) is 0. The first-order valence-electron chi connectivity index (χ1n) is 16.4. The molecule has 0 bridgehead atoms. The Labute approximate surface area is 272 Å². The first kappa shape index (κ1) is 43.2. The van der Waals surface area contributed by atoms with E-state index >= 15 is 0 Å². The summed E-state index contributed by atoms with van der Waals surface area (Å²) in [5.41, 5.74) is 0. The molecule has 6 nitrogen and oxygen atoms in total. The predicted molar refractivity (Wildman–Crippen MR) is 195 cm³/mol. The van der Waals surface area contributed by atoms with E-state index in [0.717, 1.165) is 0 Å². The van der Waals surface area contributed by atoms with Crippen molar-refractivity contribution in [3.05, 3.63) is 0 Å². The van der Waals surface area contributed by atoms with E-state index in [0.29, 0.717) is 13.0 Å². The Morgan fingerprint density at radius 1 is 0.581 bits per heavy atom. The van der Waals surface area contributed by atoms with E-state index in [9.17, 15) is 4.79 Å². The highest BCUT2D eigenvalue weighted by Gasteiger charge is 2.49. The maximum absolute atomic E-state index is 13.6. The molecule has 0 heterocycles. The van der Waals surface area contributed by atoms with Crippen molar-refractivity contribution in [1.29, 1.82) is 0 Å². The number of hydrogen-bond donors (Lipinski definition) is 0. The van der Waals surface area contributed by atoms with Crippen LogP contribution in [0.4, 0.5) is 0 Å². The molecule has 0 unspecified atom stereocenters. The third-order valence-corrected chi connectivity index (χ3v) is 29.1. The van der Waals surface area contributed by atoms with Crippen LogP contribution >= 0.6 is 0 Å². The molecule has 0 aromatic heterocycles. The molecule has 0 spiro atoms. The highest BCUT2D eigenvalue weighted by molar-refractivity contribution is 6.75. The van der Waals surface area contributed by atoms with Crippen LogP contribution in [0.5, 0.6) is 0 Å². The number of rotatable bonds is 14. The van der Waals surface area contributed by atoms with E-state index in [-0.39, 0.29) is 38.1 Å². The second kappa shape index (κ2) is 14.5. The number of esters is 1. The van der Waals surface area contributed by atoms with Gasteiger partial charge in [-0.1, -0.05) is 90.0 Å². The molecule has 258 valence electrons. The monoisotopic (exact) mass is 678 g/mol. The van der Waals surface area contributed by atoms with Gasteiger partial charge in [-0.2, -0.15) is 0 Å². The van der Waals surface area contributed by atoms with Crippen LogP contribution in [0.3, 0.4) is 0 Å². The number of carbonyl (C=O) groups is 1. The summed E-state index contributed by atoms with van der Waals surface area (Å²) in [7, 11) is -7.33. The first-order chi connectivity index (χ1) is 18.6. The van der Waals surface area contributed by atoms with Gasteiger partial charge in [-0.3, -0.25) is 0 Å². The van der Waals surface area contributed by atoms with E-state index in [1.54, 1.807) is 0 Å². The van der Waals surface area contributed by atoms with Gasteiger partial charge in [0.1, 0.15) is 0 Å². The molecule has 43 heavy (non-hydrogen) atoms. The number of ether oxygens (including phenoxy) is 1. The highest BCUT2D eigenvalue weighted by atomic mass is 28.4. The van der Waals surface area contributed by atoms with Crippen molar-refractivity contribution >= 4 is 39.2 Å². The van der Waals surface area contributed by atoms with Crippen LogP contribution in [0.1, 0.15) is 96.4 Å². The van der Waals surface area contributed by atoms with Gasteiger partial charge in [-0.05, 0) is 84.9 Å². The lowest BCUT2D eigenvalue weighted by molar-refractivity contribution is -0.156. The topological polar surface area (TPSA) is 63.2 Å². The Hall–Kier alpha value is 0.178. The molecule has 0 rings (SSSR count). The molecule has 0 aliphatic rings. The Kier molecular flexibility index (Phi) is 14.6. The van der Waals surface area contributed by atoms with Crippen molar-refractivity contribution in [2.45, 2.75) is 187 Å². The zero-order valence-electron chi connectivity index (χ0n) is 32.7. The molecular weight excluding hydrogens is 605 g/mol. The lowest BCUT2D eigenvalue weighted by Crippen LogP contribution is -2.57. The summed E-state index contributed by atoms with van der Waals surface area (Å²) in [5.74, 6) is -0.402. The lowest BCUT2D eigenvalue weighted by atomic mass is 9.94. The zero-order chi connectivity index (χ0) is 34.8. The molecule has 0 N–H and O–H groups in total. The van der Waals surface area contributed by atoms with Crippen molar-refractivity contribution in [2.75, 3.05) is 13.7 Å². The predicted octanol–water partition coefficient (Wildman–Crippen LogP) is 10.4. The normalized spacial score (nSPS) is 17.8. The van der Waals surface area contributed by atoms with Crippen LogP contribution in [0.25, 0.3) is 0 Å². The van der Waals surface area contributed by atoms with E-state index < -0.39 is 45.5 Å². The van der Waals surface area contributed by atoms with Crippen molar-refractivity contribution in [1.82, 2.24) is 0 Å². The molecule has 0 saturated carbocycles. The van der Waals surface area contributed by atoms with Gasteiger partial charge >= 0.3 is 5.97 Å². The van der Waals surface area contributed by atoms with Crippen LogP contribution in [0.15, 0.2) is 0 Å². The fourth-order valence-electron chi connectivity index (χ4n) is 3.66. The maximum Gasteiger partial charge on any atom is 0.336 e. The SMILES string of the molecule is COC(=O)[C@H](O[Si](C)(C)C(C)(C)C)[C@@H](O[Si](C)(C)C(C)(C)C)[C@H](C)C[C@H](CO[Si](C)(C)C(C)(C)C)O[Si](C)(C)C(C)(C)C. The van der Waals surface area contributed by atoms with Gasteiger partial charge in [0, 0.05) is 0 Å². The van der Waals surface area contributed by atoms with Crippen LogP contribution in [-0.4, -0.2) is 71.3 Å². The van der Waals surface area contributed by atoms with Gasteiger partial charge in [0.05, 0.1) is 25.9 Å². The Bertz CT molecular complexity index is 889. The van der Waals surface area contributed by atoms with Gasteiger partial charge in [-0.15, -0.1) is 0 Å². The summed E-state index contributed by atoms with van der Waals surface area (Å²) in [4.78, 5) is 13.6. The van der Waals surface area contributed by atoms with E-state index in [4.69, 9.17) is 22.4 Å². The standard InChI is InChI=1S/C33H74O6Si4/c1-25(23-26(37-41(17,18)31(5,6)7)24-36-40(15,16)30(2,3)4)27(38-42(19,20)32(8,9)10)28(29(34)35-14)39-43(21,22)33(11,12)13/h25-28H,23-24H2,1-22H3/t25-,26-,27+,28-/m1/s1. The van der Waals surface area contributed by atoms with Gasteiger partial charge < -0.3 is 22.4 Å². The summed E-state index contributed by atoms with van der Waals surface area (Å²) in [6.07, 6.45) is -0.707. The molecule has 0 radical (unpaired) electrons. The van der Waals surface area contributed by atoms with E-state index in [1.165, 1.54) is 7.11 Å². The smallest absolute Gasteiger partial charge is 0.336 e. The minimum atomic E-state index is -2.35. The lowest BCUT2D eigenvalue weighted by Gasteiger charge is -2.46. The molecule has 0 aliphatic carbocycles. The molecule has 0 fully saturated rings. The highest BCUT2D eigenvalue weighted by Crippen LogP contribution is 2.44. The van der Waals surface area contributed by atoms with Crippen molar-refractivity contribution in [3.8, 4) is 0 Å². The summed E-state index contributed by atoms with van der Waals surface area (Å²) in [6.45, 7) is 47.7. The molecule has 0 aromatic carbocycles. The van der Waals surface area contributed by atoms with Crippen LogP contribution in [0, 0.1) is 5.92 Å². The Balaban J connectivity index is 6.89. The third-order valence-electron chi connectivity index (χ3n) is 11.1. The number of carbonyl (C=O) groups excluding carboxylic acids is 1. The molecule has 0 aliphatic heterocycles. The largest absolute Gasteiger partial charge is 0.467 e. The van der Waals surface area contributed by atoms with Crippen LogP contribution < -0.4 is 0 Å². The average Bonchev–Trinajstić information content (AvgIpc) is 2.75.